The molecular formula is C76H48N2O3. The third-order valence-corrected chi connectivity index (χ3v) is 16.0. The summed E-state index contributed by atoms with van der Waals surface area (Å²) in [5, 5.41) is 8.44. The summed E-state index contributed by atoms with van der Waals surface area (Å²) in [5.41, 5.74) is 19.3. The minimum absolute atomic E-state index is 0.766. The highest BCUT2D eigenvalue weighted by Gasteiger charge is 2.27. The molecule has 16 aromatic rings. The largest absolute Gasteiger partial charge is 0.456 e. The van der Waals surface area contributed by atoms with Gasteiger partial charge in [0.1, 0.15) is 22.3 Å². The molecule has 16 rings (SSSR count). The SMILES string of the molecule is c1ccc(-c2cccc(N(c3ccc4c(c3)oc3cc(N(c5cccc(-c6ccccc6)c5)c5cccc6c5oc5c(-c7ccccc7)cccc56)c5ccccc5c34)c3cccc4c3oc3c(-c5ccccc5)cccc34)c2)cc1. The molecule has 5 nitrogen and oxygen atoms in total. The van der Waals surface area contributed by atoms with E-state index in [9.17, 15) is 0 Å². The van der Waals surface area contributed by atoms with Gasteiger partial charge in [0.2, 0.25) is 0 Å². The lowest BCUT2D eigenvalue weighted by atomic mass is 9.99. The lowest BCUT2D eigenvalue weighted by molar-refractivity contribution is 0.667. The second-order valence-electron chi connectivity index (χ2n) is 20.7. The summed E-state index contributed by atoms with van der Waals surface area (Å²) in [6.45, 7) is 0. The Balaban J connectivity index is 0.916. The zero-order valence-electron chi connectivity index (χ0n) is 43.8. The van der Waals surface area contributed by atoms with Gasteiger partial charge in [-0.25, -0.2) is 0 Å². The van der Waals surface area contributed by atoms with Crippen molar-refractivity contribution in [1.82, 2.24) is 0 Å². The molecule has 0 bridgehead atoms. The summed E-state index contributed by atoms with van der Waals surface area (Å²) in [6.07, 6.45) is 0. The first kappa shape index (κ1) is 46.2. The maximum atomic E-state index is 7.27. The number of benzene rings is 13. The van der Waals surface area contributed by atoms with Gasteiger partial charge in [-0.3, -0.25) is 0 Å². The molecule has 0 aliphatic rings. The summed E-state index contributed by atoms with van der Waals surface area (Å²) in [7, 11) is 0. The summed E-state index contributed by atoms with van der Waals surface area (Å²) < 4.78 is 21.6. The predicted molar refractivity (Wildman–Crippen MR) is 337 cm³/mol. The molecule has 3 heterocycles. The van der Waals surface area contributed by atoms with E-state index in [-0.39, 0.29) is 0 Å². The van der Waals surface area contributed by atoms with E-state index in [1.807, 2.05) is 6.07 Å². The van der Waals surface area contributed by atoms with Crippen LogP contribution in [0.2, 0.25) is 0 Å². The predicted octanol–water partition coefficient (Wildman–Crippen LogP) is 22.1. The molecule has 0 saturated heterocycles. The maximum absolute atomic E-state index is 7.27. The van der Waals surface area contributed by atoms with Gasteiger partial charge in [-0.05, 0) is 87.3 Å². The van der Waals surface area contributed by atoms with E-state index in [2.05, 4.69) is 295 Å². The molecule has 0 atom stereocenters. The molecule has 0 N–H and O–H groups in total. The molecule has 13 aromatic carbocycles. The van der Waals surface area contributed by atoms with Gasteiger partial charge in [0.15, 0.2) is 11.2 Å². The highest BCUT2D eigenvalue weighted by atomic mass is 16.3. The Labute approximate surface area is 467 Å². The molecule has 0 unspecified atom stereocenters. The normalized spacial score (nSPS) is 11.7. The number of fused-ring (bicyclic) bond motifs is 11. The Hall–Kier alpha value is -10.9. The number of furan rings is 3. The van der Waals surface area contributed by atoms with Gasteiger partial charge in [-0.2, -0.15) is 0 Å². The van der Waals surface area contributed by atoms with Crippen molar-refractivity contribution in [1.29, 1.82) is 0 Å². The van der Waals surface area contributed by atoms with E-state index >= 15 is 0 Å². The first-order chi connectivity index (χ1) is 40.2. The zero-order chi connectivity index (χ0) is 53.4. The Morgan fingerprint density at radius 3 is 1.16 bits per heavy atom. The molecule has 0 aliphatic carbocycles. The van der Waals surface area contributed by atoms with Crippen LogP contribution in [0.25, 0.3) is 121 Å². The third kappa shape index (κ3) is 7.70. The summed E-state index contributed by atoms with van der Waals surface area (Å²) in [6, 6.07) is 103. The Morgan fingerprint density at radius 1 is 0.210 bits per heavy atom. The molecule has 0 fully saturated rings. The molecule has 5 heteroatoms. The first-order valence-electron chi connectivity index (χ1n) is 27.5. The van der Waals surface area contributed by atoms with Crippen LogP contribution in [0.5, 0.6) is 0 Å². The standard InChI is InChI=1S/C76H48N2O3/c1-5-21-49(22-6-1)53-29-15-31-55(45-53)77(67-41-19-39-64-62-37-17-35-58(73(62)80-75(64)67)51-25-9-3-10-26-51)57-43-44-66-70(47-57)79-71-48-69(60-33-13-14-34-61(60)72(66)71)78(56-32-16-30-54(46-56)50-23-7-2-8-24-50)68-42-20-40-65-63-38-18-36-59(74(63)81-76(65)68)52-27-11-4-12-28-52/h1-48H. The summed E-state index contributed by atoms with van der Waals surface area (Å²) in [5.74, 6) is 0. The van der Waals surface area contributed by atoms with E-state index < -0.39 is 0 Å². The van der Waals surface area contributed by atoms with Crippen molar-refractivity contribution < 1.29 is 13.3 Å². The number of hydrogen-bond donors (Lipinski definition) is 0. The fraction of sp³-hybridized carbons (Fsp3) is 0. The van der Waals surface area contributed by atoms with Crippen LogP contribution in [-0.4, -0.2) is 0 Å². The fourth-order valence-electron chi connectivity index (χ4n) is 12.3. The highest BCUT2D eigenvalue weighted by Crippen LogP contribution is 2.51. The van der Waals surface area contributed by atoms with E-state index in [0.29, 0.717) is 0 Å². The van der Waals surface area contributed by atoms with Gasteiger partial charge >= 0.3 is 0 Å². The molecule has 0 amide bonds. The maximum Gasteiger partial charge on any atom is 0.159 e. The van der Waals surface area contributed by atoms with E-state index in [0.717, 1.165) is 155 Å². The smallest absolute Gasteiger partial charge is 0.159 e. The van der Waals surface area contributed by atoms with Crippen LogP contribution in [0, 0.1) is 0 Å². The molecule has 0 saturated carbocycles. The van der Waals surface area contributed by atoms with E-state index in [4.69, 9.17) is 13.3 Å². The van der Waals surface area contributed by atoms with Gasteiger partial charge in [-0.1, -0.05) is 231 Å². The molecule has 81 heavy (non-hydrogen) atoms. The number of anilines is 6. The zero-order valence-corrected chi connectivity index (χ0v) is 43.8. The Bertz CT molecular complexity index is 5060. The molecule has 0 aliphatic heterocycles. The van der Waals surface area contributed by atoms with Crippen LogP contribution in [0.4, 0.5) is 34.1 Å². The minimum Gasteiger partial charge on any atom is -0.456 e. The van der Waals surface area contributed by atoms with Gasteiger partial charge in [0.25, 0.3) is 0 Å². The van der Waals surface area contributed by atoms with Gasteiger partial charge in [0, 0.05) is 72.3 Å². The Kier molecular flexibility index (Phi) is 10.8. The van der Waals surface area contributed by atoms with Gasteiger partial charge < -0.3 is 23.1 Å². The van der Waals surface area contributed by atoms with Gasteiger partial charge in [0.05, 0.1) is 22.7 Å². The van der Waals surface area contributed by atoms with Crippen molar-refractivity contribution in [3.8, 4) is 44.5 Å². The third-order valence-electron chi connectivity index (χ3n) is 16.0. The van der Waals surface area contributed by atoms with Crippen LogP contribution in [0.3, 0.4) is 0 Å². The quantitative estimate of drug-likeness (QED) is 0.137. The highest BCUT2D eigenvalue weighted by molar-refractivity contribution is 6.24. The second kappa shape index (κ2) is 18.9. The van der Waals surface area contributed by atoms with Crippen molar-refractivity contribution in [3.05, 3.63) is 291 Å². The molecular weight excluding hydrogens is 989 g/mol. The van der Waals surface area contributed by atoms with Crippen molar-refractivity contribution in [2.24, 2.45) is 0 Å². The minimum atomic E-state index is 0.766. The van der Waals surface area contributed by atoms with Crippen molar-refractivity contribution in [2.75, 3.05) is 9.80 Å². The van der Waals surface area contributed by atoms with Crippen LogP contribution in [0.1, 0.15) is 0 Å². The lowest BCUT2D eigenvalue weighted by Gasteiger charge is -2.27. The molecule has 3 aromatic heterocycles. The van der Waals surface area contributed by atoms with Crippen LogP contribution < -0.4 is 9.80 Å². The van der Waals surface area contributed by atoms with Crippen LogP contribution in [-0.2, 0) is 0 Å². The average molecular weight is 1040 g/mol. The molecule has 0 radical (unpaired) electrons. The van der Waals surface area contributed by atoms with E-state index in [1.54, 1.807) is 0 Å². The van der Waals surface area contributed by atoms with Crippen LogP contribution >= 0.6 is 0 Å². The van der Waals surface area contributed by atoms with Crippen molar-refractivity contribution in [3.63, 3.8) is 0 Å². The summed E-state index contributed by atoms with van der Waals surface area (Å²) in [4.78, 5) is 4.67. The fourth-order valence-corrected chi connectivity index (χ4v) is 12.3. The average Bonchev–Trinajstić information content (AvgIpc) is 4.05. The second-order valence-corrected chi connectivity index (χ2v) is 20.7. The lowest BCUT2D eigenvalue weighted by Crippen LogP contribution is -2.11. The van der Waals surface area contributed by atoms with Gasteiger partial charge in [-0.15, -0.1) is 0 Å². The van der Waals surface area contributed by atoms with Crippen molar-refractivity contribution in [2.45, 2.75) is 0 Å². The van der Waals surface area contributed by atoms with Crippen molar-refractivity contribution >= 4 is 111 Å². The first-order valence-corrected chi connectivity index (χ1v) is 27.5. The van der Waals surface area contributed by atoms with E-state index in [1.165, 1.54) is 0 Å². The number of nitrogens with zero attached hydrogens (tertiary/aromatic N) is 2. The molecule has 380 valence electrons. The number of para-hydroxylation sites is 4. The van der Waals surface area contributed by atoms with Crippen LogP contribution in [0.15, 0.2) is 304 Å². The number of hydrogen-bond acceptors (Lipinski definition) is 5. The number of rotatable bonds is 10. The summed E-state index contributed by atoms with van der Waals surface area (Å²) >= 11 is 0. The monoisotopic (exact) mass is 1040 g/mol. The molecule has 0 spiro atoms. The topological polar surface area (TPSA) is 45.9 Å². The Morgan fingerprint density at radius 2 is 0.617 bits per heavy atom.